The van der Waals surface area contributed by atoms with E-state index >= 15 is 4.39 Å². The Balaban J connectivity index is 0.000000271. The molecule has 0 spiro atoms. The second-order valence-electron chi connectivity index (χ2n) is 17.0. The fraction of sp³-hybridized carbons (Fsp3) is 0.296. The van der Waals surface area contributed by atoms with Crippen LogP contribution in [0.1, 0.15) is 48.4 Å². The van der Waals surface area contributed by atoms with Crippen molar-refractivity contribution in [3.8, 4) is 34.5 Å². The number of halogens is 6. The van der Waals surface area contributed by atoms with Crippen LogP contribution < -0.4 is 33.9 Å². The molecule has 27 heteroatoms. The summed E-state index contributed by atoms with van der Waals surface area (Å²) in [6.07, 6.45) is 5.28. The van der Waals surface area contributed by atoms with Crippen molar-refractivity contribution in [3.63, 3.8) is 0 Å². The van der Waals surface area contributed by atoms with E-state index in [9.17, 15) is 30.8 Å². The Hall–Kier alpha value is -5.86. The molecule has 0 radical (unpaired) electrons. The Morgan fingerprint density at radius 3 is 1.64 bits per heavy atom. The number of esters is 2. The first-order chi connectivity index (χ1) is 38.8. The van der Waals surface area contributed by atoms with Gasteiger partial charge in [0, 0.05) is 57.0 Å². The number of benzene rings is 5. The van der Waals surface area contributed by atoms with Crippen molar-refractivity contribution < 1.29 is 63.6 Å². The summed E-state index contributed by atoms with van der Waals surface area (Å²) in [6, 6.07) is 18.8. The van der Waals surface area contributed by atoms with Crippen molar-refractivity contribution in [2.75, 3.05) is 57.9 Å². The average Bonchev–Trinajstić information content (AvgIpc) is 4.28. The van der Waals surface area contributed by atoms with E-state index in [1.165, 1.54) is 38.0 Å². The Bertz CT molecular complexity index is 3480. The highest BCUT2D eigenvalue weighted by atomic mass is 35.5. The molecule has 0 saturated heterocycles. The molecule has 0 aliphatic heterocycles. The van der Waals surface area contributed by atoms with E-state index in [1.807, 2.05) is 0 Å². The van der Waals surface area contributed by atoms with Crippen LogP contribution in [0.15, 0.2) is 112 Å². The maximum absolute atomic E-state index is 15.7. The quantitative estimate of drug-likeness (QED) is 0.0345. The van der Waals surface area contributed by atoms with Crippen LogP contribution in [0, 0.1) is 11.6 Å². The van der Waals surface area contributed by atoms with Crippen molar-refractivity contribution >= 4 is 106 Å². The standard InChI is InChI=1S/C31H32Cl2FN3O7S2.C23H23Cl2FN2O5S2/c1-4-43-30(38)18-35-11-5-6-20-14-22(32)8-10-26(20)44-28-17-25(34)29(16-24(28)33)46(39,40)37(31-36-12-13-45-31)19-21-7-9-23(41-2)15-27(21)42-3;1-2-32-23(29)13-27-7-3-4-15-10-16(24)5-6-19(15)33-20-12-18(26)21(11-17(20)25)35(30,31)14-22-28-8-9-34-22/h7-10,12-17,35H,4-6,11,18-19H2,1-3H3;5-6,8-12,27H,2-4,7,13-14H2,1H3. The zero-order valence-corrected chi connectivity index (χ0v) is 50.2. The van der Waals surface area contributed by atoms with Crippen LogP contribution in [-0.2, 0) is 64.1 Å². The summed E-state index contributed by atoms with van der Waals surface area (Å²) >= 11 is 27.4. The van der Waals surface area contributed by atoms with Gasteiger partial charge in [0.15, 0.2) is 15.0 Å². The van der Waals surface area contributed by atoms with E-state index in [0.717, 1.165) is 45.5 Å². The lowest BCUT2D eigenvalue weighted by atomic mass is 10.1. The van der Waals surface area contributed by atoms with Gasteiger partial charge in [-0.2, -0.15) is 0 Å². The summed E-state index contributed by atoms with van der Waals surface area (Å²) in [5, 5.41) is 10.5. The van der Waals surface area contributed by atoms with Gasteiger partial charge in [0.1, 0.15) is 66.7 Å². The van der Waals surface area contributed by atoms with Crippen LogP contribution in [0.25, 0.3) is 0 Å². The molecule has 0 unspecified atom stereocenters. The molecular formula is C54H55Cl4F2N5O12S4. The first-order valence-electron chi connectivity index (χ1n) is 24.6. The Kier molecular flexibility index (Phi) is 24.6. The minimum atomic E-state index is -4.52. The molecule has 434 valence electrons. The van der Waals surface area contributed by atoms with Crippen molar-refractivity contribution in [2.45, 2.75) is 61.6 Å². The third-order valence-electron chi connectivity index (χ3n) is 11.3. The van der Waals surface area contributed by atoms with Crippen molar-refractivity contribution in [1.29, 1.82) is 0 Å². The number of nitrogens with one attached hydrogen (secondary N) is 2. The summed E-state index contributed by atoms with van der Waals surface area (Å²) in [5.41, 5.74) is 1.95. The molecule has 5 aromatic carbocycles. The highest BCUT2D eigenvalue weighted by molar-refractivity contribution is 7.93. The molecule has 0 amide bonds. The first-order valence-corrected chi connectivity index (χ1v) is 31.0. The second-order valence-corrected chi connectivity index (χ2v) is 24.3. The number of thiazole rings is 2. The monoisotopic (exact) mass is 1270 g/mol. The number of nitrogens with zero attached hydrogens (tertiary/aromatic N) is 3. The SMILES string of the molecule is CCOC(=O)CNCCCc1cc(Cl)ccc1Oc1cc(F)c(S(=O)(=O)Cc2nccs2)cc1Cl.CCOC(=O)CNCCCc1cc(Cl)ccc1Oc1cc(F)c(S(=O)(=O)N(Cc2ccc(OC)cc2OC)c2nccs2)cc1Cl. The van der Waals surface area contributed by atoms with Crippen molar-refractivity contribution in [3.05, 3.63) is 155 Å². The molecule has 0 saturated carbocycles. The lowest BCUT2D eigenvalue weighted by molar-refractivity contribution is -0.142. The van der Waals surface area contributed by atoms with Crippen LogP contribution in [0.4, 0.5) is 13.9 Å². The molecule has 0 bridgehead atoms. The van der Waals surface area contributed by atoms with E-state index in [2.05, 4.69) is 20.6 Å². The topological polar surface area (TPSA) is 211 Å². The lowest BCUT2D eigenvalue weighted by Gasteiger charge is -2.23. The third-order valence-corrected chi connectivity index (χ3v) is 17.7. The molecule has 0 fully saturated rings. The summed E-state index contributed by atoms with van der Waals surface area (Å²) in [6.45, 7) is 5.17. The van der Waals surface area contributed by atoms with Gasteiger partial charge in [-0.05, 0) is 124 Å². The van der Waals surface area contributed by atoms with Crippen LogP contribution in [0.3, 0.4) is 0 Å². The zero-order chi connectivity index (χ0) is 58.7. The van der Waals surface area contributed by atoms with E-state index in [1.54, 1.807) is 79.2 Å². The van der Waals surface area contributed by atoms with Crippen molar-refractivity contribution in [2.24, 2.45) is 0 Å². The molecule has 7 rings (SSSR count). The molecule has 7 aromatic rings. The number of anilines is 1. The predicted molar refractivity (Wildman–Crippen MR) is 310 cm³/mol. The van der Waals surface area contributed by atoms with Crippen LogP contribution >= 0.6 is 69.1 Å². The Morgan fingerprint density at radius 2 is 1.15 bits per heavy atom. The number of carbonyl (C=O) groups excluding carboxylic acids is 2. The van der Waals surface area contributed by atoms with Crippen LogP contribution in [0.2, 0.25) is 20.1 Å². The van der Waals surface area contributed by atoms with Gasteiger partial charge in [-0.25, -0.2) is 39.9 Å². The summed E-state index contributed by atoms with van der Waals surface area (Å²) in [7, 11) is -5.56. The number of hydrogen-bond acceptors (Lipinski definition) is 18. The summed E-state index contributed by atoms with van der Waals surface area (Å²) in [4.78, 5) is 29.9. The number of aromatic nitrogens is 2. The normalized spacial score (nSPS) is 11.3. The second kappa shape index (κ2) is 31.0. The Morgan fingerprint density at radius 1 is 0.617 bits per heavy atom. The number of sulfone groups is 1. The number of methoxy groups -OCH3 is 2. The number of hydrogen-bond donors (Lipinski definition) is 2. The van der Waals surface area contributed by atoms with Gasteiger partial charge in [0.05, 0.1) is 57.1 Å². The van der Waals surface area contributed by atoms with E-state index in [4.69, 9.17) is 74.8 Å². The van der Waals surface area contributed by atoms with Gasteiger partial charge >= 0.3 is 11.9 Å². The Labute approximate surface area is 496 Å². The molecule has 0 aliphatic carbocycles. The van der Waals surface area contributed by atoms with E-state index < -0.39 is 47.0 Å². The molecule has 81 heavy (non-hydrogen) atoms. The van der Waals surface area contributed by atoms with Crippen molar-refractivity contribution in [1.82, 2.24) is 20.6 Å². The highest BCUT2D eigenvalue weighted by Gasteiger charge is 2.32. The number of carbonyl (C=O) groups is 2. The van der Waals surface area contributed by atoms with Crippen LogP contribution in [0.5, 0.6) is 34.5 Å². The number of aryl methyl sites for hydroxylation is 2. The van der Waals surface area contributed by atoms with Gasteiger partial charge in [0.2, 0.25) is 0 Å². The third kappa shape index (κ3) is 18.6. The zero-order valence-electron chi connectivity index (χ0n) is 43.9. The number of sulfonamides is 1. The van der Waals surface area contributed by atoms with Gasteiger partial charge in [-0.3, -0.25) is 9.59 Å². The van der Waals surface area contributed by atoms with Gasteiger partial charge in [0.25, 0.3) is 10.0 Å². The van der Waals surface area contributed by atoms with Gasteiger partial charge in [-0.15, -0.1) is 22.7 Å². The number of rotatable bonds is 28. The van der Waals surface area contributed by atoms with Crippen LogP contribution in [-0.4, -0.2) is 92.4 Å². The van der Waals surface area contributed by atoms with Gasteiger partial charge < -0.3 is 39.1 Å². The average molecular weight is 1270 g/mol. The largest absolute Gasteiger partial charge is 0.497 e. The molecule has 0 atom stereocenters. The molecule has 17 nitrogen and oxygen atoms in total. The summed E-state index contributed by atoms with van der Waals surface area (Å²) < 4.78 is 117. The maximum atomic E-state index is 15.7. The predicted octanol–water partition coefficient (Wildman–Crippen LogP) is 12.3. The lowest BCUT2D eigenvalue weighted by Crippen LogP contribution is -2.31. The van der Waals surface area contributed by atoms with E-state index in [-0.39, 0.29) is 58.2 Å². The number of ether oxygens (including phenoxy) is 6. The highest BCUT2D eigenvalue weighted by Crippen LogP contribution is 2.40. The molecule has 2 heterocycles. The van der Waals surface area contributed by atoms with E-state index in [0.29, 0.717) is 101 Å². The molecular weight excluding hydrogens is 1220 g/mol. The molecule has 2 N–H and O–H groups in total. The smallest absolute Gasteiger partial charge is 0.319 e. The minimum Gasteiger partial charge on any atom is -0.497 e. The first kappa shape index (κ1) is 64.3. The minimum absolute atomic E-state index is 0.0265. The van der Waals surface area contributed by atoms with Gasteiger partial charge in [-0.1, -0.05) is 46.4 Å². The fourth-order valence-corrected chi connectivity index (χ4v) is 13.2. The molecule has 2 aromatic heterocycles. The fourth-order valence-electron chi connectivity index (χ4n) is 7.56. The summed E-state index contributed by atoms with van der Waals surface area (Å²) in [5.74, 6) is -1.58. The molecule has 0 aliphatic rings. The maximum Gasteiger partial charge on any atom is 0.319 e.